The van der Waals surface area contributed by atoms with E-state index < -0.39 is 0 Å². The average molecular weight is 358 g/mol. The Hall–Kier alpha value is -0.580. The smallest absolute Gasteiger partial charge is 0.0406 e. The maximum absolute atomic E-state index is 5.84. The molecule has 0 saturated carbocycles. The van der Waals surface area contributed by atoms with Crippen molar-refractivity contribution >= 4 is 34.2 Å². The van der Waals surface area contributed by atoms with E-state index in [1.807, 2.05) is 24.3 Å². The summed E-state index contributed by atoms with van der Waals surface area (Å²) < 4.78 is 1.27. The molecule has 0 unspecified atom stereocenters. The van der Waals surface area contributed by atoms with Gasteiger partial charge < -0.3 is 5.32 Å². The SMILES string of the molecule is Clc1ccc(CNCc2ccc(I)cc2)cc1. The van der Waals surface area contributed by atoms with Gasteiger partial charge in [0.2, 0.25) is 0 Å². The molecule has 0 aliphatic heterocycles. The van der Waals surface area contributed by atoms with Crippen molar-refractivity contribution in [2.75, 3.05) is 0 Å². The lowest BCUT2D eigenvalue weighted by Gasteiger charge is -2.05. The van der Waals surface area contributed by atoms with E-state index in [2.05, 4.69) is 52.2 Å². The number of nitrogens with one attached hydrogen (secondary N) is 1. The van der Waals surface area contributed by atoms with E-state index in [9.17, 15) is 0 Å². The minimum atomic E-state index is 0.784. The van der Waals surface area contributed by atoms with Crippen LogP contribution in [0.4, 0.5) is 0 Å². The van der Waals surface area contributed by atoms with E-state index in [1.165, 1.54) is 14.7 Å². The summed E-state index contributed by atoms with van der Waals surface area (Å²) in [6, 6.07) is 16.5. The van der Waals surface area contributed by atoms with Crippen molar-refractivity contribution in [3.05, 3.63) is 68.3 Å². The molecule has 0 aromatic heterocycles. The van der Waals surface area contributed by atoms with Crippen LogP contribution in [0.15, 0.2) is 48.5 Å². The lowest BCUT2D eigenvalue weighted by atomic mass is 10.2. The van der Waals surface area contributed by atoms with E-state index >= 15 is 0 Å². The van der Waals surface area contributed by atoms with E-state index in [0.717, 1.165) is 18.1 Å². The van der Waals surface area contributed by atoms with Gasteiger partial charge >= 0.3 is 0 Å². The van der Waals surface area contributed by atoms with Gasteiger partial charge in [-0.2, -0.15) is 0 Å². The molecule has 1 N–H and O–H groups in total. The summed E-state index contributed by atoms with van der Waals surface area (Å²) in [5, 5.41) is 4.20. The maximum atomic E-state index is 5.84. The van der Waals surface area contributed by atoms with Gasteiger partial charge in [0, 0.05) is 21.7 Å². The Kier molecular flexibility index (Phi) is 4.83. The predicted octanol–water partition coefficient (Wildman–Crippen LogP) is 4.23. The predicted molar refractivity (Wildman–Crippen MR) is 81.2 cm³/mol. The van der Waals surface area contributed by atoms with Gasteiger partial charge in [-0.1, -0.05) is 35.9 Å². The van der Waals surface area contributed by atoms with Crippen LogP contribution in [-0.4, -0.2) is 0 Å². The van der Waals surface area contributed by atoms with Crippen LogP contribution < -0.4 is 5.32 Å². The molecule has 0 amide bonds. The fourth-order valence-corrected chi connectivity index (χ4v) is 2.04. The topological polar surface area (TPSA) is 12.0 Å². The van der Waals surface area contributed by atoms with Gasteiger partial charge in [-0.25, -0.2) is 0 Å². The molecule has 0 atom stereocenters. The molecular formula is C14H13ClIN. The molecule has 0 aliphatic carbocycles. The molecule has 2 rings (SSSR count). The Morgan fingerprint density at radius 1 is 0.824 bits per heavy atom. The van der Waals surface area contributed by atoms with Gasteiger partial charge in [-0.3, -0.25) is 0 Å². The average Bonchev–Trinajstić information content (AvgIpc) is 2.34. The number of hydrogen-bond donors (Lipinski definition) is 1. The normalized spacial score (nSPS) is 10.5. The van der Waals surface area contributed by atoms with Crippen LogP contribution >= 0.6 is 34.2 Å². The van der Waals surface area contributed by atoms with E-state index in [0.29, 0.717) is 0 Å². The monoisotopic (exact) mass is 357 g/mol. The second-order valence-electron chi connectivity index (χ2n) is 3.86. The van der Waals surface area contributed by atoms with Gasteiger partial charge in [0.15, 0.2) is 0 Å². The van der Waals surface area contributed by atoms with Crippen molar-refractivity contribution in [2.45, 2.75) is 13.1 Å². The first kappa shape index (κ1) is 12.9. The molecule has 0 spiro atoms. The van der Waals surface area contributed by atoms with E-state index in [-0.39, 0.29) is 0 Å². The highest BCUT2D eigenvalue weighted by molar-refractivity contribution is 14.1. The zero-order valence-corrected chi connectivity index (χ0v) is 12.2. The zero-order valence-electron chi connectivity index (χ0n) is 9.29. The molecule has 17 heavy (non-hydrogen) atoms. The molecule has 0 bridgehead atoms. The highest BCUT2D eigenvalue weighted by Crippen LogP contribution is 2.10. The quantitative estimate of drug-likeness (QED) is 0.807. The van der Waals surface area contributed by atoms with Gasteiger partial charge in [-0.15, -0.1) is 0 Å². The number of halogens is 2. The van der Waals surface area contributed by atoms with Gasteiger partial charge in [0.1, 0.15) is 0 Å². The van der Waals surface area contributed by atoms with Gasteiger partial charge in [0.25, 0.3) is 0 Å². The van der Waals surface area contributed by atoms with Crippen molar-refractivity contribution in [1.29, 1.82) is 0 Å². The minimum Gasteiger partial charge on any atom is -0.309 e. The van der Waals surface area contributed by atoms with Gasteiger partial charge in [-0.05, 0) is 58.0 Å². The summed E-state index contributed by atoms with van der Waals surface area (Å²) in [5.74, 6) is 0. The first-order valence-electron chi connectivity index (χ1n) is 5.43. The molecule has 0 saturated heterocycles. The molecule has 1 nitrogen and oxygen atoms in total. The van der Waals surface area contributed by atoms with Crippen molar-refractivity contribution in [1.82, 2.24) is 5.32 Å². The molecule has 0 aliphatic rings. The van der Waals surface area contributed by atoms with Crippen LogP contribution in [0.2, 0.25) is 5.02 Å². The molecule has 2 aromatic carbocycles. The molecule has 0 fully saturated rings. The van der Waals surface area contributed by atoms with Gasteiger partial charge in [0.05, 0.1) is 0 Å². The molecular weight excluding hydrogens is 345 g/mol. The summed E-state index contributed by atoms with van der Waals surface area (Å²) in [4.78, 5) is 0. The summed E-state index contributed by atoms with van der Waals surface area (Å²) >= 11 is 8.15. The Bertz CT molecular complexity index is 419. The molecule has 2 aromatic rings. The standard InChI is InChI=1S/C14H13ClIN/c15-13-5-1-11(2-6-13)9-17-10-12-3-7-14(16)8-4-12/h1-8,17H,9-10H2. The Balaban J connectivity index is 1.83. The van der Waals surface area contributed by atoms with Crippen molar-refractivity contribution in [2.24, 2.45) is 0 Å². The number of rotatable bonds is 4. The highest BCUT2D eigenvalue weighted by Gasteiger charge is 1.95. The largest absolute Gasteiger partial charge is 0.309 e. The van der Waals surface area contributed by atoms with Crippen LogP contribution in [0.1, 0.15) is 11.1 Å². The van der Waals surface area contributed by atoms with Crippen molar-refractivity contribution < 1.29 is 0 Å². The lowest BCUT2D eigenvalue weighted by Crippen LogP contribution is -2.12. The molecule has 0 radical (unpaired) electrons. The second kappa shape index (κ2) is 6.38. The number of hydrogen-bond acceptors (Lipinski definition) is 1. The van der Waals surface area contributed by atoms with Crippen LogP contribution in [-0.2, 0) is 13.1 Å². The van der Waals surface area contributed by atoms with Crippen LogP contribution in [0.3, 0.4) is 0 Å². The Labute approximate surface area is 120 Å². The summed E-state index contributed by atoms with van der Waals surface area (Å²) in [7, 11) is 0. The molecule has 0 heterocycles. The van der Waals surface area contributed by atoms with Crippen molar-refractivity contribution in [3.8, 4) is 0 Å². The van der Waals surface area contributed by atoms with E-state index in [4.69, 9.17) is 11.6 Å². The van der Waals surface area contributed by atoms with Crippen molar-refractivity contribution in [3.63, 3.8) is 0 Å². The fourth-order valence-electron chi connectivity index (χ4n) is 1.56. The van der Waals surface area contributed by atoms with E-state index in [1.54, 1.807) is 0 Å². The Morgan fingerprint density at radius 3 is 1.82 bits per heavy atom. The fraction of sp³-hybridized carbons (Fsp3) is 0.143. The van der Waals surface area contributed by atoms with Crippen LogP contribution in [0, 0.1) is 3.57 Å². The first-order chi connectivity index (χ1) is 8.24. The molecule has 88 valence electrons. The second-order valence-corrected chi connectivity index (χ2v) is 5.54. The third-order valence-electron chi connectivity index (χ3n) is 2.48. The maximum Gasteiger partial charge on any atom is 0.0406 e. The third kappa shape index (κ3) is 4.30. The Morgan fingerprint density at radius 2 is 1.29 bits per heavy atom. The van der Waals surface area contributed by atoms with Crippen LogP contribution in [0.25, 0.3) is 0 Å². The highest BCUT2D eigenvalue weighted by atomic mass is 127. The summed E-state index contributed by atoms with van der Waals surface area (Å²) in [6.07, 6.45) is 0. The lowest BCUT2D eigenvalue weighted by molar-refractivity contribution is 0.693. The number of benzene rings is 2. The summed E-state index contributed by atoms with van der Waals surface area (Å²) in [5.41, 5.74) is 2.55. The molecule has 3 heteroatoms. The summed E-state index contributed by atoms with van der Waals surface area (Å²) in [6.45, 7) is 1.75. The first-order valence-corrected chi connectivity index (χ1v) is 6.89. The third-order valence-corrected chi connectivity index (χ3v) is 3.46. The van der Waals surface area contributed by atoms with Crippen LogP contribution in [0.5, 0.6) is 0 Å². The minimum absolute atomic E-state index is 0.784. The zero-order chi connectivity index (χ0) is 12.1.